The lowest BCUT2D eigenvalue weighted by Gasteiger charge is -2.22. The van der Waals surface area contributed by atoms with Gasteiger partial charge < -0.3 is 10.4 Å². The smallest absolute Gasteiger partial charge is 0.308 e. The van der Waals surface area contributed by atoms with Crippen LogP contribution in [0.1, 0.15) is 29.0 Å². The molecule has 2 aromatic carbocycles. The molecule has 3 N–H and O–H groups in total. The molecule has 0 spiro atoms. The van der Waals surface area contributed by atoms with Crippen molar-refractivity contribution in [1.82, 2.24) is 15.5 Å². The molecular formula is C18H17N3O3. The summed E-state index contributed by atoms with van der Waals surface area (Å²) in [6.45, 7) is 1.57. The first-order chi connectivity index (χ1) is 11.6. The highest BCUT2D eigenvalue weighted by atomic mass is 16.4. The lowest BCUT2D eigenvalue weighted by Crippen LogP contribution is -2.35. The molecule has 1 aromatic heterocycles. The number of rotatable bonds is 5. The number of carboxylic acids is 1. The van der Waals surface area contributed by atoms with E-state index in [1.165, 1.54) is 0 Å². The van der Waals surface area contributed by atoms with Crippen molar-refractivity contribution in [1.29, 1.82) is 0 Å². The van der Waals surface area contributed by atoms with Crippen LogP contribution in [0.2, 0.25) is 0 Å². The first-order valence-electron chi connectivity index (χ1n) is 7.59. The lowest BCUT2D eigenvalue weighted by atomic mass is 9.94. The molecule has 1 heterocycles. The Morgan fingerprint density at radius 3 is 2.46 bits per heavy atom. The molecule has 2 unspecified atom stereocenters. The SMILES string of the molecule is CC(C(=O)O)C(NC(=O)c1n[nH]c2ccccc12)c1ccccc1. The topological polar surface area (TPSA) is 95.1 Å². The number of nitrogens with one attached hydrogen (secondary N) is 2. The highest BCUT2D eigenvalue weighted by molar-refractivity contribution is 6.04. The molecule has 1 amide bonds. The Hall–Kier alpha value is -3.15. The van der Waals surface area contributed by atoms with Crippen molar-refractivity contribution in [3.8, 4) is 0 Å². The van der Waals surface area contributed by atoms with Gasteiger partial charge in [-0.1, -0.05) is 48.5 Å². The highest BCUT2D eigenvalue weighted by Crippen LogP contribution is 2.23. The second-order valence-electron chi connectivity index (χ2n) is 5.61. The predicted molar refractivity (Wildman–Crippen MR) is 89.5 cm³/mol. The summed E-state index contributed by atoms with van der Waals surface area (Å²) in [6.07, 6.45) is 0. The second kappa shape index (κ2) is 6.54. The molecule has 122 valence electrons. The number of aromatic amines is 1. The molecule has 0 bridgehead atoms. The average molecular weight is 323 g/mol. The number of carbonyl (C=O) groups excluding carboxylic acids is 1. The minimum atomic E-state index is -0.976. The normalized spacial score (nSPS) is 13.4. The van der Waals surface area contributed by atoms with Crippen molar-refractivity contribution >= 4 is 22.8 Å². The Kier molecular flexibility index (Phi) is 4.29. The van der Waals surface area contributed by atoms with E-state index in [2.05, 4.69) is 15.5 Å². The number of hydrogen-bond donors (Lipinski definition) is 3. The van der Waals surface area contributed by atoms with Gasteiger partial charge in [0.2, 0.25) is 0 Å². The van der Waals surface area contributed by atoms with Crippen LogP contribution >= 0.6 is 0 Å². The van der Waals surface area contributed by atoms with Crippen LogP contribution in [-0.2, 0) is 4.79 Å². The Labute approximate surface area is 138 Å². The summed E-state index contributed by atoms with van der Waals surface area (Å²) < 4.78 is 0. The number of carboxylic acid groups (broad SMARTS) is 1. The number of aliphatic carboxylic acids is 1. The molecule has 24 heavy (non-hydrogen) atoms. The van der Waals surface area contributed by atoms with Crippen LogP contribution in [0.15, 0.2) is 54.6 Å². The van der Waals surface area contributed by atoms with Gasteiger partial charge >= 0.3 is 5.97 Å². The fourth-order valence-corrected chi connectivity index (χ4v) is 2.65. The number of aromatic nitrogens is 2. The number of benzene rings is 2. The van der Waals surface area contributed by atoms with Crippen LogP contribution in [0.3, 0.4) is 0 Å². The first kappa shape index (κ1) is 15.7. The highest BCUT2D eigenvalue weighted by Gasteiger charge is 2.28. The molecule has 6 heteroatoms. The van der Waals surface area contributed by atoms with E-state index in [1.807, 2.05) is 36.4 Å². The van der Waals surface area contributed by atoms with E-state index in [-0.39, 0.29) is 5.69 Å². The molecule has 6 nitrogen and oxygen atoms in total. The van der Waals surface area contributed by atoms with Gasteiger partial charge in [0.05, 0.1) is 17.5 Å². The van der Waals surface area contributed by atoms with Gasteiger partial charge in [-0.25, -0.2) is 0 Å². The van der Waals surface area contributed by atoms with Crippen molar-refractivity contribution in [2.24, 2.45) is 5.92 Å². The molecule has 3 aromatic rings. The summed E-state index contributed by atoms with van der Waals surface area (Å²) in [7, 11) is 0. The molecule has 0 radical (unpaired) electrons. The fourth-order valence-electron chi connectivity index (χ4n) is 2.65. The van der Waals surface area contributed by atoms with E-state index in [0.29, 0.717) is 5.39 Å². The predicted octanol–water partition coefficient (Wildman–Crippen LogP) is 2.75. The Morgan fingerprint density at radius 2 is 1.75 bits per heavy atom. The average Bonchev–Trinajstić information content (AvgIpc) is 3.04. The number of para-hydroxylation sites is 1. The van der Waals surface area contributed by atoms with Gasteiger partial charge in [-0.2, -0.15) is 5.10 Å². The summed E-state index contributed by atoms with van der Waals surface area (Å²) >= 11 is 0. The van der Waals surface area contributed by atoms with Gasteiger partial charge in [-0.05, 0) is 18.6 Å². The number of fused-ring (bicyclic) bond motifs is 1. The van der Waals surface area contributed by atoms with E-state index in [9.17, 15) is 14.7 Å². The molecule has 2 atom stereocenters. The standard InChI is InChI=1S/C18H17N3O3/c1-11(18(23)24)15(12-7-3-2-4-8-12)19-17(22)16-13-9-5-6-10-14(13)20-21-16/h2-11,15H,1H3,(H,19,22)(H,20,21)(H,23,24). The van der Waals surface area contributed by atoms with E-state index in [1.54, 1.807) is 25.1 Å². The number of hydrogen-bond acceptors (Lipinski definition) is 3. The Bertz CT molecular complexity index is 873. The van der Waals surface area contributed by atoms with Crippen LogP contribution in [0.5, 0.6) is 0 Å². The van der Waals surface area contributed by atoms with Crippen molar-refractivity contribution < 1.29 is 14.7 Å². The van der Waals surface area contributed by atoms with Crippen LogP contribution in [0.4, 0.5) is 0 Å². The number of amides is 1. The monoisotopic (exact) mass is 323 g/mol. The quantitative estimate of drug-likeness (QED) is 0.673. The zero-order valence-corrected chi connectivity index (χ0v) is 13.1. The minimum absolute atomic E-state index is 0.254. The summed E-state index contributed by atoms with van der Waals surface area (Å²) in [6, 6.07) is 15.7. The van der Waals surface area contributed by atoms with Crippen LogP contribution in [-0.4, -0.2) is 27.2 Å². The number of carbonyl (C=O) groups is 2. The molecule has 0 fully saturated rings. The van der Waals surface area contributed by atoms with Crippen molar-refractivity contribution in [3.05, 3.63) is 65.9 Å². The first-order valence-corrected chi connectivity index (χ1v) is 7.59. The molecule has 0 saturated heterocycles. The third-order valence-electron chi connectivity index (χ3n) is 4.02. The summed E-state index contributed by atoms with van der Waals surface area (Å²) in [5.74, 6) is -2.16. The summed E-state index contributed by atoms with van der Waals surface area (Å²) in [5, 5.41) is 19.7. The number of H-pyrrole nitrogens is 1. The fraction of sp³-hybridized carbons (Fsp3) is 0.167. The van der Waals surface area contributed by atoms with Gasteiger partial charge in [-0.15, -0.1) is 0 Å². The number of nitrogens with zero attached hydrogens (tertiary/aromatic N) is 1. The van der Waals surface area contributed by atoms with Crippen molar-refractivity contribution in [2.75, 3.05) is 0 Å². The van der Waals surface area contributed by atoms with Crippen LogP contribution in [0, 0.1) is 5.92 Å². The second-order valence-corrected chi connectivity index (χ2v) is 5.61. The molecule has 0 aliphatic heterocycles. The van der Waals surface area contributed by atoms with Gasteiger partial charge in [0.15, 0.2) is 5.69 Å². The lowest BCUT2D eigenvalue weighted by molar-refractivity contribution is -0.142. The minimum Gasteiger partial charge on any atom is -0.481 e. The maximum atomic E-state index is 12.6. The molecule has 0 saturated carbocycles. The van der Waals surface area contributed by atoms with Crippen LogP contribution in [0.25, 0.3) is 10.9 Å². The van der Waals surface area contributed by atoms with Gasteiger partial charge in [-0.3, -0.25) is 14.7 Å². The van der Waals surface area contributed by atoms with Crippen molar-refractivity contribution in [2.45, 2.75) is 13.0 Å². The van der Waals surface area contributed by atoms with Gasteiger partial charge in [0.1, 0.15) is 0 Å². The molecular weight excluding hydrogens is 306 g/mol. The third-order valence-corrected chi connectivity index (χ3v) is 4.02. The maximum absolute atomic E-state index is 12.6. The molecule has 0 aliphatic carbocycles. The Morgan fingerprint density at radius 1 is 1.08 bits per heavy atom. The van der Waals surface area contributed by atoms with E-state index in [4.69, 9.17) is 0 Å². The maximum Gasteiger partial charge on any atom is 0.308 e. The van der Waals surface area contributed by atoms with Crippen molar-refractivity contribution in [3.63, 3.8) is 0 Å². The molecule has 0 aliphatic rings. The Balaban J connectivity index is 1.92. The largest absolute Gasteiger partial charge is 0.481 e. The third kappa shape index (κ3) is 2.99. The summed E-state index contributed by atoms with van der Waals surface area (Å²) in [4.78, 5) is 24.1. The van der Waals surface area contributed by atoms with Crippen LogP contribution < -0.4 is 5.32 Å². The van der Waals surface area contributed by atoms with Gasteiger partial charge in [0, 0.05) is 5.39 Å². The van der Waals surface area contributed by atoms with Gasteiger partial charge in [0.25, 0.3) is 5.91 Å². The zero-order chi connectivity index (χ0) is 17.1. The van der Waals surface area contributed by atoms with E-state index < -0.39 is 23.8 Å². The van der Waals surface area contributed by atoms with E-state index in [0.717, 1.165) is 11.1 Å². The molecule has 3 rings (SSSR count). The zero-order valence-electron chi connectivity index (χ0n) is 13.1. The van der Waals surface area contributed by atoms with E-state index >= 15 is 0 Å². The summed E-state index contributed by atoms with van der Waals surface area (Å²) in [5.41, 5.74) is 1.75.